The number of benzene rings is 2. The predicted molar refractivity (Wildman–Crippen MR) is 106 cm³/mol. The molecule has 1 saturated heterocycles. The fraction of sp³-hybridized carbons (Fsp3) is 0.200. The van der Waals surface area contributed by atoms with Gasteiger partial charge in [-0.25, -0.2) is 4.79 Å². The lowest BCUT2D eigenvalue weighted by atomic mass is 9.95. The van der Waals surface area contributed by atoms with Gasteiger partial charge in [0, 0.05) is 10.7 Å². The van der Waals surface area contributed by atoms with Crippen molar-refractivity contribution in [3.05, 3.63) is 59.6 Å². The smallest absolute Gasteiger partial charge is 0.338 e. The first kappa shape index (κ1) is 19.6. The van der Waals surface area contributed by atoms with E-state index in [4.69, 9.17) is 16.3 Å². The third-order valence-corrected chi connectivity index (χ3v) is 4.56. The number of ether oxygens (including phenoxy) is 1. The fourth-order valence-electron chi connectivity index (χ4n) is 2.98. The Morgan fingerprint density at radius 3 is 2.54 bits per heavy atom. The van der Waals surface area contributed by atoms with Crippen LogP contribution >= 0.6 is 11.6 Å². The maximum Gasteiger partial charge on any atom is 0.338 e. The Bertz CT molecular complexity index is 961. The van der Waals surface area contributed by atoms with Gasteiger partial charge in [0.15, 0.2) is 11.3 Å². The maximum absolute atomic E-state index is 12.8. The van der Waals surface area contributed by atoms with Crippen LogP contribution in [0, 0.1) is 0 Å². The highest BCUT2D eigenvalue weighted by Crippen LogP contribution is 2.33. The van der Waals surface area contributed by atoms with Crippen molar-refractivity contribution in [1.82, 2.24) is 0 Å². The zero-order chi connectivity index (χ0) is 20.3. The number of Topliss-reactive ketones (excluding diaryl/α,β-unsaturated/α-hetero) is 1. The van der Waals surface area contributed by atoms with Gasteiger partial charge in [-0.15, -0.1) is 0 Å². The first-order valence-electron chi connectivity index (χ1n) is 8.60. The first-order chi connectivity index (χ1) is 13.4. The largest absolute Gasteiger partial charge is 0.464 e. The van der Waals surface area contributed by atoms with Crippen molar-refractivity contribution < 1.29 is 19.1 Å². The molecule has 1 N–H and O–H groups in total. The molecule has 8 heteroatoms. The number of carbonyl (C=O) groups is 3. The fourth-order valence-corrected chi connectivity index (χ4v) is 3.17. The minimum absolute atomic E-state index is 0.0917. The van der Waals surface area contributed by atoms with Gasteiger partial charge in [-0.1, -0.05) is 35.9 Å². The lowest BCUT2D eigenvalue weighted by molar-refractivity contribution is -0.147. The number of hydrogen-bond donors (Lipinski definition) is 1. The van der Waals surface area contributed by atoms with E-state index in [2.05, 4.69) is 10.5 Å². The van der Waals surface area contributed by atoms with Gasteiger partial charge in [0.1, 0.15) is 0 Å². The highest BCUT2D eigenvalue weighted by molar-refractivity contribution is 6.75. The van der Waals surface area contributed by atoms with Crippen molar-refractivity contribution >= 4 is 46.3 Å². The molecule has 1 fully saturated rings. The van der Waals surface area contributed by atoms with Crippen LogP contribution in [0.25, 0.3) is 0 Å². The lowest BCUT2D eigenvalue weighted by Crippen LogP contribution is -2.55. The van der Waals surface area contributed by atoms with Gasteiger partial charge in [-0.3, -0.25) is 19.9 Å². The molecule has 144 valence electrons. The number of nitrogens with zero attached hydrogens (tertiary/aromatic N) is 2. The summed E-state index contributed by atoms with van der Waals surface area (Å²) in [5, 5.41) is 4.56. The number of hydrazone groups is 1. The Kier molecular flexibility index (Phi) is 5.46. The minimum atomic E-state index is -1.71. The van der Waals surface area contributed by atoms with Gasteiger partial charge >= 0.3 is 11.9 Å². The molecule has 0 radical (unpaired) electrons. The summed E-state index contributed by atoms with van der Waals surface area (Å²) in [6, 6.07) is 15.1. The summed E-state index contributed by atoms with van der Waals surface area (Å²) in [4.78, 5) is 39.4. The molecule has 1 unspecified atom stereocenters. The Labute approximate surface area is 166 Å². The monoisotopic (exact) mass is 399 g/mol. The number of para-hydroxylation sites is 1. The molecule has 28 heavy (non-hydrogen) atoms. The van der Waals surface area contributed by atoms with Gasteiger partial charge in [-0.2, -0.15) is 5.10 Å². The number of carbonyl (C=O) groups excluding carboxylic acids is 3. The zero-order valence-corrected chi connectivity index (χ0v) is 16.1. The van der Waals surface area contributed by atoms with Crippen LogP contribution in [-0.2, 0) is 19.1 Å². The third-order valence-electron chi connectivity index (χ3n) is 4.33. The van der Waals surface area contributed by atoms with Crippen LogP contribution in [0.5, 0.6) is 0 Å². The van der Waals surface area contributed by atoms with Crippen molar-refractivity contribution in [2.45, 2.75) is 19.4 Å². The molecule has 7 nitrogen and oxygen atoms in total. The average Bonchev–Trinajstić information content (AvgIpc) is 2.88. The highest BCUT2D eigenvalue weighted by atomic mass is 35.5. The molecule has 0 aliphatic carbocycles. The number of nitrogens with one attached hydrogen (secondary N) is 1. The quantitative estimate of drug-likeness (QED) is 0.474. The summed E-state index contributed by atoms with van der Waals surface area (Å²) in [5.41, 5.74) is 1.63. The molecule has 1 aliphatic heterocycles. The van der Waals surface area contributed by atoms with Gasteiger partial charge < -0.3 is 4.74 Å². The van der Waals surface area contributed by atoms with Crippen LogP contribution in [0.15, 0.2) is 59.7 Å². The van der Waals surface area contributed by atoms with Crippen LogP contribution in [-0.4, -0.2) is 35.5 Å². The minimum Gasteiger partial charge on any atom is -0.464 e. The lowest BCUT2D eigenvalue weighted by Gasteiger charge is -2.31. The van der Waals surface area contributed by atoms with E-state index in [1.165, 1.54) is 6.92 Å². The molecule has 0 saturated carbocycles. The molecule has 1 heterocycles. The van der Waals surface area contributed by atoms with Crippen LogP contribution in [0.1, 0.15) is 13.8 Å². The Morgan fingerprint density at radius 2 is 1.89 bits per heavy atom. The van der Waals surface area contributed by atoms with Crippen molar-refractivity contribution in [3.8, 4) is 0 Å². The maximum atomic E-state index is 12.8. The van der Waals surface area contributed by atoms with E-state index in [-0.39, 0.29) is 12.3 Å². The average molecular weight is 400 g/mol. The van der Waals surface area contributed by atoms with E-state index >= 15 is 0 Å². The molecule has 1 atom stereocenters. The van der Waals surface area contributed by atoms with E-state index in [1.807, 2.05) is 0 Å². The number of anilines is 2. The van der Waals surface area contributed by atoms with E-state index in [0.29, 0.717) is 16.4 Å². The third kappa shape index (κ3) is 3.36. The molecule has 0 spiro atoms. The SMILES string of the molecule is CCOC(=O)C1(C)/C(=N\Nc2cccc(Cl)c2)C(=O)C(=O)N1c1ccccc1. The van der Waals surface area contributed by atoms with Gasteiger partial charge in [0.05, 0.1) is 12.3 Å². The molecular weight excluding hydrogens is 382 g/mol. The van der Waals surface area contributed by atoms with Crippen LogP contribution in [0.3, 0.4) is 0 Å². The standard InChI is InChI=1S/C20H18ClN3O4/c1-3-28-19(27)20(2)17(23-22-14-9-7-8-13(21)12-14)16(25)18(26)24(20)15-10-5-4-6-11-15/h4-12,22H,3H2,1-2H3/b23-17-. The van der Waals surface area contributed by atoms with Crippen molar-refractivity contribution in [2.24, 2.45) is 5.10 Å². The summed E-state index contributed by atoms with van der Waals surface area (Å²) >= 11 is 5.95. The summed E-state index contributed by atoms with van der Waals surface area (Å²) in [6.45, 7) is 3.18. The second-order valence-electron chi connectivity index (χ2n) is 6.18. The number of ketones is 1. The Hall–Kier alpha value is -3.19. The summed E-state index contributed by atoms with van der Waals surface area (Å²) in [6.07, 6.45) is 0. The molecule has 2 aromatic rings. The number of amides is 1. The number of halogens is 1. The van der Waals surface area contributed by atoms with Gasteiger partial charge in [0.2, 0.25) is 0 Å². The molecular formula is C20H18ClN3O4. The van der Waals surface area contributed by atoms with E-state index < -0.39 is 23.2 Å². The molecule has 0 aromatic heterocycles. The number of rotatable bonds is 5. The second-order valence-corrected chi connectivity index (χ2v) is 6.62. The van der Waals surface area contributed by atoms with Crippen LogP contribution in [0.2, 0.25) is 5.02 Å². The summed E-state index contributed by atoms with van der Waals surface area (Å²) in [5.74, 6) is -2.48. The first-order valence-corrected chi connectivity index (χ1v) is 8.98. The molecule has 3 rings (SSSR count). The van der Waals surface area contributed by atoms with E-state index in [0.717, 1.165) is 4.90 Å². The normalized spacial score (nSPS) is 20.5. The predicted octanol–water partition coefficient (Wildman–Crippen LogP) is 3.05. The Balaban J connectivity index is 2.09. The van der Waals surface area contributed by atoms with Crippen molar-refractivity contribution in [2.75, 3.05) is 16.9 Å². The van der Waals surface area contributed by atoms with E-state index in [1.54, 1.807) is 61.5 Å². The summed E-state index contributed by atoms with van der Waals surface area (Å²) in [7, 11) is 0. The van der Waals surface area contributed by atoms with Crippen molar-refractivity contribution in [1.29, 1.82) is 0 Å². The van der Waals surface area contributed by atoms with Crippen LogP contribution < -0.4 is 10.3 Å². The topological polar surface area (TPSA) is 88.1 Å². The number of esters is 1. The van der Waals surface area contributed by atoms with Crippen LogP contribution in [0.4, 0.5) is 11.4 Å². The molecule has 0 bridgehead atoms. The van der Waals surface area contributed by atoms with Gasteiger partial charge in [0.25, 0.3) is 5.78 Å². The molecule has 1 amide bonds. The second kappa shape index (κ2) is 7.82. The Morgan fingerprint density at radius 1 is 1.18 bits per heavy atom. The van der Waals surface area contributed by atoms with Crippen molar-refractivity contribution in [3.63, 3.8) is 0 Å². The highest BCUT2D eigenvalue weighted by Gasteiger charge is 2.60. The molecule has 1 aliphatic rings. The zero-order valence-electron chi connectivity index (χ0n) is 15.3. The summed E-state index contributed by atoms with van der Waals surface area (Å²) < 4.78 is 5.16. The number of hydrogen-bond acceptors (Lipinski definition) is 6. The van der Waals surface area contributed by atoms with Gasteiger partial charge in [-0.05, 0) is 44.2 Å². The molecule has 2 aromatic carbocycles. The van der Waals surface area contributed by atoms with E-state index in [9.17, 15) is 14.4 Å².